The number of aromatic nitrogens is 2. The van der Waals surface area contributed by atoms with Gasteiger partial charge in [0.25, 0.3) is 11.8 Å². The SMILES string of the molecule is Cc1c(N)cccc1-c1nc(N2CCN(C)CC2)no1. The Morgan fingerprint density at radius 3 is 2.70 bits per heavy atom. The first kappa shape index (κ1) is 12.9. The second-order valence-corrected chi connectivity index (χ2v) is 5.21. The van der Waals surface area contributed by atoms with Gasteiger partial charge in [0, 0.05) is 37.4 Å². The Labute approximate surface area is 118 Å². The van der Waals surface area contributed by atoms with Crippen molar-refractivity contribution in [2.75, 3.05) is 43.9 Å². The fourth-order valence-electron chi connectivity index (χ4n) is 2.35. The van der Waals surface area contributed by atoms with Crippen molar-refractivity contribution < 1.29 is 4.52 Å². The molecule has 0 aliphatic carbocycles. The molecule has 0 spiro atoms. The van der Waals surface area contributed by atoms with Gasteiger partial charge in [0.1, 0.15) is 0 Å². The number of rotatable bonds is 2. The van der Waals surface area contributed by atoms with Crippen LogP contribution in [0.2, 0.25) is 0 Å². The van der Waals surface area contributed by atoms with Gasteiger partial charge in [-0.05, 0) is 36.8 Å². The Morgan fingerprint density at radius 1 is 1.20 bits per heavy atom. The third-order valence-corrected chi connectivity index (χ3v) is 3.81. The summed E-state index contributed by atoms with van der Waals surface area (Å²) in [5.41, 5.74) is 8.53. The number of nitrogen functional groups attached to an aromatic ring is 1. The Balaban J connectivity index is 1.85. The van der Waals surface area contributed by atoms with Crippen LogP contribution in [0.3, 0.4) is 0 Å². The molecule has 0 saturated carbocycles. The molecule has 2 heterocycles. The van der Waals surface area contributed by atoms with Crippen molar-refractivity contribution in [3.8, 4) is 11.5 Å². The molecule has 1 saturated heterocycles. The molecule has 1 aliphatic rings. The number of piperazine rings is 1. The van der Waals surface area contributed by atoms with Crippen LogP contribution in [0.15, 0.2) is 22.7 Å². The Hall–Kier alpha value is -2.08. The molecule has 0 atom stereocenters. The van der Waals surface area contributed by atoms with E-state index in [0.29, 0.717) is 11.8 Å². The van der Waals surface area contributed by atoms with Gasteiger partial charge in [0.2, 0.25) is 0 Å². The summed E-state index contributed by atoms with van der Waals surface area (Å²) in [6.45, 7) is 5.84. The van der Waals surface area contributed by atoms with Gasteiger partial charge in [0.15, 0.2) is 0 Å². The van der Waals surface area contributed by atoms with Gasteiger partial charge < -0.3 is 20.1 Å². The van der Waals surface area contributed by atoms with Crippen molar-refractivity contribution in [3.05, 3.63) is 23.8 Å². The van der Waals surface area contributed by atoms with Crippen LogP contribution in [0.1, 0.15) is 5.56 Å². The minimum absolute atomic E-state index is 0.531. The van der Waals surface area contributed by atoms with E-state index in [9.17, 15) is 0 Å². The summed E-state index contributed by atoms with van der Waals surface area (Å²) >= 11 is 0. The second-order valence-electron chi connectivity index (χ2n) is 5.21. The third-order valence-electron chi connectivity index (χ3n) is 3.81. The third kappa shape index (κ3) is 2.34. The maximum atomic E-state index is 5.92. The van der Waals surface area contributed by atoms with E-state index < -0.39 is 0 Å². The van der Waals surface area contributed by atoms with Gasteiger partial charge >= 0.3 is 0 Å². The first-order chi connectivity index (χ1) is 9.65. The van der Waals surface area contributed by atoms with Crippen LogP contribution in [0.4, 0.5) is 11.6 Å². The number of hydrogen-bond donors (Lipinski definition) is 1. The van der Waals surface area contributed by atoms with Crippen LogP contribution in [0.25, 0.3) is 11.5 Å². The lowest BCUT2D eigenvalue weighted by atomic mass is 10.1. The van der Waals surface area contributed by atoms with Crippen molar-refractivity contribution in [3.63, 3.8) is 0 Å². The van der Waals surface area contributed by atoms with Crippen LogP contribution in [-0.2, 0) is 0 Å². The zero-order valence-corrected chi connectivity index (χ0v) is 11.8. The topological polar surface area (TPSA) is 71.4 Å². The number of anilines is 2. The van der Waals surface area contributed by atoms with E-state index in [1.165, 1.54) is 0 Å². The van der Waals surface area contributed by atoms with Crippen molar-refractivity contribution in [1.29, 1.82) is 0 Å². The van der Waals surface area contributed by atoms with Crippen LogP contribution in [0, 0.1) is 6.92 Å². The Kier molecular flexibility index (Phi) is 3.31. The summed E-state index contributed by atoms with van der Waals surface area (Å²) in [6, 6.07) is 5.72. The zero-order chi connectivity index (χ0) is 14.1. The van der Waals surface area contributed by atoms with Gasteiger partial charge in [-0.3, -0.25) is 0 Å². The highest BCUT2D eigenvalue weighted by molar-refractivity contribution is 5.67. The molecule has 0 unspecified atom stereocenters. The number of likely N-dealkylation sites (N-methyl/N-ethyl adjacent to an activating group) is 1. The normalized spacial score (nSPS) is 16.6. The first-order valence-corrected chi connectivity index (χ1v) is 6.78. The quantitative estimate of drug-likeness (QED) is 0.833. The van der Waals surface area contributed by atoms with Crippen molar-refractivity contribution in [1.82, 2.24) is 15.0 Å². The minimum Gasteiger partial charge on any atom is -0.398 e. The lowest BCUT2D eigenvalue weighted by Crippen LogP contribution is -2.44. The standard InChI is InChI=1S/C14H19N5O/c1-10-11(4-3-5-12(10)15)13-16-14(17-20-13)19-8-6-18(2)7-9-19/h3-5H,6-9,15H2,1-2H3. The summed E-state index contributed by atoms with van der Waals surface area (Å²) in [5, 5.41) is 4.09. The molecule has 20 heavy (non-hydrogen) atoms. The Morgan fingerprint density at radius 2 is 1.95 bits per heavy atom. The smallest absolute Gasteiger partial charge is 0.266 e. The van der Waals surface area contributed by atoms with Gasteiger partial charge in [0.05, 0.1) is 0 Å². The molecule has 106 valence electrons. The monoisotopic (exact) mass is 273 g/mol. The molecule has 0 bridgehead atoms. The van der Waals surface area contributed by atoms with E-state index in [-0.39, 0.29) is 0 Å². The van der Waals surface area contributed by atoms with E-state index >= 15 is 0 Å². The largest absolute Gasteiger partial charge is 0.398 e. The highest BCUT2D eigenvalue weighted by Gasteiger charge is 2.20. The fourth-order valence-corrected chi connectivity index (χ4v) is 2.35. The van der Waals surface area contributed by atoms with Crippen LogP contribution >= 0.6 is 0 Å². The number of nitrogens with two attached hydrogens (primary N) is 1. The van der Waals surface area contributed by atoms with E-state index in [1.807, 2.05) is 25.1 Å². The Bertz CT molecular complexity index is 601. The average molecular weight is 273 g/mol. The van der Waals surface area contributed by atoms with Gasteiger partial charge in [-0.1, -0.05) is 6.07 Å². The predicted octanol–water partition coefficient (Wildman–Crippen LogP) is 1.38. The summed E-state index contributed by atoms with van der Waals surface area (Å²) < 4.78 is 5.39. The number of nitrogens with zero attached hydrogens (tertiary/aromatic N) is 4. The molecule has 1 aromatic carbocycles. The first-order valence-electron chi connectivity index (χ1n) is 6.78. The molecule has 0 amide bonds. The van der Waals surface area contributed by atoms with Gasteiger partial charge in [-0.15, -0.1) is 0 Å². The molecular weight excluding hydrogens is 254 g/mol. The molecule has 3 rings (SSSR count). The molecule has 2 aromatic rings. The lowest BCUT2D eigenvalue weighted by molar-refractivity contribution is 0.309. The van der Waals surface area contributed by atoms with E-state index in [2.05, 4.69) is 27.0 Å². The molecule has 1 aliphatic heterocycles. The molecule has 2 N–H and O–H groups in total. The fraction of sp³-hybridized carbons (Fsp3) is 0.429. The highest BCUT2D eigenvalue weighted by atomic mass is 16.5. The second kappa shape index (κ2) is 5.13. The zero-order valence-electron chi connectivity index (χ0n) is 11.8. The number of hydrogen-bond acceptors (Lipinski definition) is 6. The summed E-state index contributed by atoms with van der Waals surface area (Å²) in [6.07, 6.45) is 0. The van der Waals surface area contributed by atoms with E-state index in [1.54, 1.807) is 0 Å². The minimum atomic E-state index is 0.531. The van der Waals surface area contributed by atoms with Crippen LogP contribution in [-0.4, -0.2) is 48.3 Å². The maximum Gasteiger partial charge on any atom is 0.266 e. The predicted molar refractivity (Wildman–Crippen MR) is 78.6 cm³/mol. The summed E-state index contributed by atoms with van der Waals surface area (Å²) in [4.78, 5) is 8.94. The van der Waals surface area contributed by atoms with Gasteiger partial charge in [-0.2, -0.15) is 4.98 Å². The van der Waals surface area contributed by atoms with Crippen LogP contribution in [0.5, 0.6) is 0 Å². The van der Waals surface area contributed by atoms with E-state index in [4.69, 9.17) is 10.3 Å². The molecule has 6 nitrogen and oxygen atoms in total. The van der Waals surface area contributed by atoms with Gasteiger partial charge in [-0.25, -0.2) is 0 Å². The van der Waals surface area contributed by atoms with Crippen molar-refractivity contribution in [2.24, 2.45) is 0 Å². The summed E-state index contributed by atoms with van der Waals surface area (Å²) in [5.74, 6) is 1.19. The molecule has 1 aromatic heterocycles. The molecule has 0 radical (unpaired) electrons. The molecule has 6 heteroatoms. The van der Waals surface area contributed by atoms with Crippen LogP contribution < -0.4 is 10.6 Å². The van der Waals surface area contributed by atoms with Crippen molar-refractivity contribution in [2.45, 2.75) is 6.92 Å². The van der Waals surface area contributed by atoms with Crippen molar-refractivity contribution >= 4 is 11.6 Å². The molecule has 1 fully saturated rings. The lowest BCUT2D eigenvalue weighted by Gasteiger charge is -2.31. The molecular formula is C14H19N5O. The van der Waals surface area contributed by atoms with E-state index in [0.717, 1.165) is 43.0 Å². The average Bonchev–Trinajstić information content (AvgIpc) is 2.92. The number of benzene rings is 1. The maximum absolute atomic E-state index is 5.92. The highest BCUT2D eigenvalue weighted by Crippen LogP contribution is 2.27. The summed E-state index contributed by atoms with van der Waals surface area (Å²) in [7, 11) is 2.12.